The largest absolute Gasteiger partial charge is 0.356 e. The minimum absolute atomic E-state index is 0.108. The van der Waals surface area contributed by atoms with Crippen LogP contribution in [0.5, 0.6) is 0 Å². The topological polar surface area (TPSA) is 59.5 Å². The van der Waals surface area contributed by atoms with Crippen LogP contribution < -0.4 is 10.6 Å². The zero-order valence-electron chi connectivity index (χ0n) is 18.4. The Hall–Kier alpha value is -2.60. The highest BCUT2D eigenvalue weighted by molar-refractivity contribution is 6.43. The number of aryl methyl sites for hydroxylation is 1. The van der Waals surface area contributed by atoms with Crippen molar-refractivity contribution in [3.05, 3.63) is 81.6 Å². The van der Waals surface area contributed by atoms with Crippen molar-refractivity contribution in [3.8, 4) is 11.1 Å². The van der Waals surface area contributed by atoms with E-state index in [1.54, 1.807) is 12.4 Å². The van der Waals surface area contributed by atoms with Gasteiger partial charge in [0.05, 0.1) is 10.0 Å². The molecule has 0 unspecified atom stereocenters. The Morgan fingerprint density at radius 3 is 2.64 bits per heavy atom. The molecule has 0 saturated carbocycles. The zero-order valence-corrected chi connectivity index (χ0v) is 19.9. The van der Waals surface area contributed by atoms with Gasteiger partial charge in [0, 0.05) is 30.3 Å². The number of halogens is 2. The third kappa shape index (κ3) is 3.17. The molecule has 0 bridgehead atoms. The van der Waals surface area contributed by atoms with Crippen LogP contribution in [0.4, 0.5) is 5.82 Å². The van der Waals surface area contributed by atoms with Crippen LogP contribution in [-0.2, 0) is 6.42 Å². The first kappa shape index (κ1) is 21.0. The van der Waals surface area contributed by atoms with Crippen molar-refractivity contribution in [1.82, 2.24) is 14.6 Å². The van der Waals surface area contributed by atoms with Gasteiger partial charge < -0.3 is 10.6 Å². The van der Waals surface area contributed by atoms with Crippen molar-refractivity contribution in [2.75, 3.05) is 18.0 Å². The van der Waals surface area contributed by atoms with Crippen LogP contribution in [0.1, 0.15) is 35.6 Å². The molecule has 4 aromatic rings. The van der Waals surface area contributed by atoms with Gasteiger partial charge in [-0.3, -0.25) is 0 Å². The number of pyridine rings is 1. The molecule has 0 radical (unpaired) electrons. The average Bonchev–Trinajstić information content (AvgIpc) is 3.40. The molecule has 168 valence electrons. The van der Waals surface area contributed by atoms with E-state index in [1.165, 1.54) is 11.1 Å². The predicted molar refractivity (Wildman–Crippen MR) is 134 cm³/mol. The van der Waals surface area contributed by atoms with Gasteiger partial charge in [0.25, 0.3) is 0 Å². The highest BCUT2D eigenvalue weighted by Crippen LogP contribution is 2.51. The molecule has 33 heavy (non-hydrogen) atoms. The lowest BCUT2D eigenvalue weighted by atomic mass is 9.73. The molecule has 1 saturated heterocycles. The second-order valence-electron chi connectivity index (χ2n) is 9.36. The molecule has 1 aliphatic carbocycles. The number of hydrogen-bond donors (Lipinski definition) is 1. The fraction of sp³-hybridized carbons (Fsp3) is 0.308. The number of anilines is 1. The smallest absolute Gasteiger partial charge is 0.165 e. The van der Waals surface area contributed by atoms with E-state index in [2.05, 4.69) is 52.2 Å². The fourth-order valence-electron chi connectivity index (χ4n) is 5.82. The lowest BCUT2D eigenvalue weighted by Gasteiger charge is -2.43. The van der Waals surface area contributed by atoms with Gasteiger partial charge in [0.15, 0.2) is 5.65 Å². The van der Waals surface area contributed by atoms with Crippen molar-refractivity contribution < 1.29 is 0 Å². The zero-order chi connectivity index (χ0) is 22.7. The quantitative estimate of drug-likeness (QED) is 0.393. The number of fused-ring (bicyclic) bond motifs is 2. The number of rotatable bonds is 2. The number of nitrogens with zero attached hydrogens (tertiary/aromatic N) is 4. The van der Waals surface area contributed by atoms with Crippen LogP contribution in [0.15, 0.2) is 54.9 Å². The van der Waals surface area contributed by atoms with Crippen LogP contribution in [0.2, 0.25) is 10.0 Å². The molecule has 2 N–H and O–H groups in total. The van der Waals surface area contributed by atoms with Crippen LogP contribution in [0, 0.1) is 12.3 Å². The average molecular weight is 478 g/mol. The molecule has 2 aromatic carbocycles. The van der Waals surface area contributed by atoms with Crippen molar-refractivity contribution in [1.29, 1.82) is 0 Å². The maximum absolute atomic E-state index is 6.78. The van der Waals surface area contributed by atoms with Gasteiger partial charge in [0.1, 0.15) is 12.1 Å². The molecule has 2 aromatic heterocycles. The molecule has 7 heteroatoms. The Morgan fingerprint density at radius 2 is 1.85 bits per heavy atom. The minimum Gasteiger partial charge on any atom is -0.356 e. The third-order valence-corrected chi connectivity index (χ3v) is 8.44. The van der Waals surface area contributed by atoms with E-state index in [0.29, 0.717) is 10.0 Å². The lowest BCUT2D eigenvalue weighted by molar-refractivity contribution is 0.187. The Morgan fingerprint density at radius 1 is 1.06 bits per heavy atom. The number of piperidine rings is 1. The summed E-state index contributed by atoms with van der Waals surface area (Å²) < 4.78 is 1.93. The van der Waals surface area contributed by atoms with E-state index in [-0.39, 0.29) is 11.5 Å². The van der Waals surface area contributed by atoms with Crippen molar-refractivity contribution >= 4 is 34.7 Å². The third-order valence-electron chi connectivity index (χ3n) is 7.62. The molecule has 1 aliphatic heterocycles. The van der Waals surface area contributed by atoms with Crippen LogP contribution in [0.25, 0.3) is 16.8 Å². The Balaban J connectivity index is 1.34. The molecule has 1 spiro atoms. The highest BCUT2D eigenvalue weighted by atomic mass is 35.5. The Kier molecular flexibility index (Phi) is 4.91. The summed E-state index contributed by atoms with van der Waals surface area (Å²) in [5, 5.41) is 5.64. The van der Waals surface area contributed by atoms with Gasteiger partial charge in [0.2, 0.25) is 0 Å². The van der Waals surface area contributed by atoms with Crippen LogP contribution in [0.3, 0.4) is 0 Å². The van der Waals surface area contributed by atoms with Gasteiger partial charge in [-0.15, -0.1) is 0 Å². The van der Waals surface area contributed by atoms with Gasteiger partial charge in [-0.1, -0.05) is 59.6 Å². The van der Waals surface area contributed by atoms with Gasteiger partial charge in [-0.2, -0.15) is 9.61 Å². The Bertz CT molecular complexity index is 1370. The number of benzene rings is 2. The summed E-state index contributed by atoms with van der Waals surface area (Å²) in [6, 6.07) is 16.6. The van der Waals surface area contributed by atoms with E-state index >= 15 is 0 Å². The monoisotopic (exact) mass is 477 g/mol. The summed E-state index contributed by atoms with van der Waals surface area (Å²) in [5.41, 5.74) is 13.4. The maximum atomic E-state index is 6.78. The first-order valence-electron chi connectivity index (χ1n) is 11.3. The number of aromatic nitrogens is 3. The lowest BCUT2D eigenvalue weighted by Crippen LogP contribution is -2.45. The molecule has 5 nitrogen and oxygen atoms in total. The summed E-state index contributed by atoms with van der Waals surface area (Å²) in [7, 11) is 0. The standard InChI is InChI=1S/C26H25Cl2N5/c1-16-13-21(33-25(30-15-31-33)22(16)19-7-4-8-20(27)23(19)28)32-11-9-26(10-12-32)14-17-5-2-3-6-18(17)24(26)29/h2-8,13,15,24H,9-12,14,29H2,1H3/t24-/m1/s1. The first-order chi connectivity index (χ1) is 16.0. The normalized spacial score (nSPS) is 19.4. The van der Waals surface area contributed by atoms with Crippen LogP contribution in [-0.4, -0.2) is 27.7 Å². The van der Waals surface area contributed by atoms with E-state index in [1.807, 2.05) is 16.6 Å². The highest BCUT2D eigenvalue weighted by Gasteiger charge is 2.46. The summed E-state index contributed by atoms with van der Waals surface area (Å²) in [4.78, 5) is 7.01. The molecular weight excluding hydrogens is 453 g/mol. The number of hydrogen-bond acceptors (Lipinski definition) is 4. The van der Waals surface area contributed by atoms with Gasteiger partial charge in [-0.25, -0.2) is 4.98 Å². The molecule has 6 rings (SSSR count). The van der Waals surface area contributed by atoms with E-state index in [9.17, 15) is 0 Å². The molecular formula is C26H25Cl2N5. The van der Waals surface area contributed by atoms with E-state index in [0.717, 1.165) is 60.5 Å². The SMILES string of the molecule is Cc1cc(N2CCC3(CC2)Cc2ccccc2[C@H]3N)n2ncnc2c1-c1cccc(Cl)c1Cl. The van der Waals surface area contributed by atoms with Crippen molar-refractivity contribution in [3.63, 3.8) is 0 Å². The molecule has 1 fully saturated rings. The van der Waals surface area contributed by atoms with Crippen molar-refractivity contribution in [2.45, 2.75) is 32.2 Å². The van der Waals surface area contributed by atoms with E-state index < -0.39 is 0 Å². The summed E-state index contributed by atoms with van der Waals surface area (Å²) in [6.07, 6.45) is 4.79. The predicted octanol–water partition coefficient (Wildman–Crippen LogP) is 5.85. The minimum atomic E-state index is 0.108. The van der Waals surface area contributed by atoms with Gasteiger partial charge in [-0.05, 0) is 60.4 Å². The number of nitrogens with two attached hydrogens (primary N) is 1. The first-order valence-corrected chi connectivity index (χ1v) is 12.1. The Labute approximate surface area is 203 Å². The second kappa shape index (κ2) is 7.73. The van der Waals surface area contributed by atoms with Crippen molar-refractivity contribution in [2.24, 2.45) is 11.1 Å². The van der Waals surface area contributed by atoms with E-state index in [4.69, 9.17) is 28.9 Å². The molecule has 0 amide bonds. The molecule has 2 aliphatic rings. The molecule has 1 atom stereocenters. The second-order valence-corrected chi connectivity index (χ2v) is 10.1. The van der Waals surface area contributed by atoms with Gasteiger partial charge >= 0.3 is 0 Å². The summed E-state index contributed by atoms with van der Waals surface area (Å²) >= 11 is 12.9. The fourth-order valence-corrected chi connectivity index (χ4v) is 6.22. The summed E-state index contributed by atoms with van der Waals surface area (Å²) in [5.74, 6) is 1.06. The summed E-state index contributed by atoms with van der Waals surface area (Å²) in [6.45, 7) is 3.97. The van der Waals surface area contributed by atoms with Crippen LogP contribution >= 0.6 is 23.2 Å². The molecule has 3 heterocycles. The maximum Gasteiger partial charge on any atom is 0.165 e.